The summed E-state index contributed by atoms with van der Waals surface area (Å²) in [6, 6.07) is 0. The van der Waals surface area contributed by atoms with E-state index in [9.17, 15) is 0 Å². The molecular formula is C13H28N2O. The van der Waals surface area contributed by atoms with Gasteiger partial charge < -0.3 is 15.0 Å². The van der Waals surface area contributed by atoms with Crippen molar-refractivity contribution in [2.24, 2.45) is 0 Å². The molecule has 0 aliphatic carbocycles. The van der Waals surface area contributed by atoms with Crippen LogP contribution in [-0.2, 0) is 4.74 Å². The van der Waals surface area contributed by atoms with Gasteiger partial charge in [-0.05, 0) is 39.8 Å². The average molecular weight is 228 g/mol. The smallest absolute Gasteiger partial charge is 0.0593 e. The number of likely N-dealkylation sites (N-methyl/N-ethyl adjacent to an activating group) is 1. The molecule has 0 aromatic carbocycles. The highest BCUT2D eigenvalue weighted by Crippen LogP contribution is 2.25. The minimum absolute atomic E-state index is 0.385. The average Bonchev–Trinajstić information content (AvgIpc) is 2.67. The number of ether oxygens (including phenoxy) is 1. The molecule has 0 saturated carbocycles. The third-order valence-electron chi connectivity index (χ3n) is 3.45. The Morgan fingerprint density at radius 2 is 2.19 bits per heavy atom. The molecule has 3 heteroatoms. The van der Waals surface area contributed by atoms with Crippen LogP contribution in [0.5, 0.6) is 0 Å². The number of hydrogen-bond acceptors (Lipinski definition) is 3. The first-order valence-electron chi connectivity index (χ1n) is 6.74. The first-order chi connectivity index (χ1) is 7.72. The van der Waals surface area contributed by atoms with E-state index in [1.165, 1.54) is 32.2 Å². The summed E-state index contributed by atoms with van der Waals surface area (Å²) in [6.45, 7) is 9.41. The second-order valence-electron chi connectivity index (χ2n) is 5.00. The van der Waals surface area contributed by atoms with Crippen LogP contribution in [0.1, 0.15) is 39.5 Å². The van der Waals surface area contributed by atoms with Crippen LogP contribution < -0.4 is 5.32 Å². The van der Waals surface area contributed by atoms with Crippen LogP contribution in [-0.4, -0.2) is 50.3 Å². The third-order valence-corrected chi connectivity index (χ3v) is 3.45. The summed E-state index contributed by atoms with van der Waals surface area (Å²) < 4.78 is 5.40. The predicted octanol–water partition coefficient (Wildman–Crippen LogP) is 1.88. The minimum Gasteiger partial charge on any atom is -0.380 e. The Hall–Kier alpha value is -0.120. The normalized spacial score (nSPS) is 25.5. The van der Waals surface area contributed by atoms with Crippen LogP contribution in [0.4, 0.5) is 0 Å². The van der Waals surface area contributed by atoms with Gasteiger partial charge in [-0.1, -0.05) is 13.3 Å². The van der Waals surface area contributed by atoms with E-state index < -0.39 is 0 Å². The molecular weight excluding hydrogens is 200 g/mol. The van der Waals surface area contributed by atoms with Crippen molar-refractivity contribution in [3.05, 3.63) is 0 Å². The topological polar surface area (TPSA) is 24.5 Å². The summed E-state index contributed by atoms with van der Waals surface area (Å²) in [5.74, 6) is 0. The maximum atomic E-state index is 5.40. The summed E-state index contributed by atoms with van der Waals surface area (Å²) in [5.41, 5.74) is 0.385. The maximum Gasteiger partial charge on any atom is 0.0593 e. The minimum atomic E-state index is 0.385. The summed E-state index contributed by atoms with van der Waals surface area (Å²) in [5, 5.41) is 3.71. The highest BCUT2D eigenvalue weighted by Gasteiger charge is 2.33. The lowest BCUT2D eigenvalue weighted by Gasteiger charge is -2.34. The second-order valence-corrected chi connectivity index (χ2v) is 5.00. The summed E-state index contributed by atoms with van der Waals surface area (Å²) >= 11 is 0. The Morgan fingerprint density at radius 1 is 1.38 bits per heavy atom. The van der Waals surface area contributed by atoms with E-state index >= 15 is 0 Å². The van der Waals surface area contributed by atoms with E-state index in [0.29, 0.717) is 5.54 Å². The van der Waals surface area contributed by atoms with Gasteiger partial charge in [-0.2, -0.15) is 0 Å². The first kappa shape index (κ1) is 13.9. The lowest BCUT2D eigenvalue weighted by atomic mass is 9.91. The van der Waals surface area contributed by atoms with E-state index in [1.54, 1.807) is 0 Å². The van der Waals surface area contributed by atoms with Gasteiger partial charge >= 0.3 is 0 Å². The fourth-order valence-corrected chi connectivity index (χ4v) is 2.74. The van der Waals surface area contributed by atoms with Gasteiger partial charge in [0.25, 0.3) is 0 Å². The number of hydrogen-bond donors (Lipinski definition) is 1. The van der Waals surface area contributed by atoms with Crippen LogP contribution >= 0.6 is 0 Å². The predicted molar refractivity (Wildman–Crippen MR) is 68.9 cm³/mol. The zero-order valence-electron chi connectivity index (χ0n) is 11.2. The number of nitrogens with one attached hydrogen (secondary N) is 1. The van der Waals surface area contributed by atoms with Crippen molar-refractivity contribution < 1.29 is 4.74 Å². The fourth-order valence-electron chi connectivity index (χ4n) is 2.74. The maximum absolute atomic E-state index is 5.40. The zero-order chi connectivity index (χ0) is 11.9. The highest BCUT2D eigenvalue weighted by atomic mass is 16.5. The van der Waals surface area contributed by atoms with Crippen LogP contribution in [0.2, 0.25) is 0 Å². The van der Waals surface area contributed by atoms with Gasteiger partial charge in [-0.15, -0.1) is 0 Å². The monoisotopic (exact) mass is 228 g/mol. The molecule has 0 spiro atoms. The van der Waals surface area contributed by atoms with Gasteiger partial charge in [-0.3, -0.25) is 0 Å². The van der Waals surface area contributed by atoms with Crippen molar-refractivity contribution in [3.8, 4) is 0 Å². The standard InChI is InChI=1S/C13H28N2O/c1-4-7-13(8-6-9-14-13)12-15(3)10-11-16-5-2/h14H,4-12H2,1-3H3. The molecule has 0 amide bonds. The molecule has 1 fully saturated rings. The van der Waals surface area contributed by atoms with Gasteiger partial charge in [0.1, 0.15) is 0 Å². The number of nitrogens with zero attached hydrogens (tertiary/aromatic N) is 1. The third kappa shape index (κ3) is 4.40. The molecule has 1 rings (SSSR count). The Kier molecular flexibility index (Phi) is 6.32. The Morgan fingerprint density at radius 3 is 2.75 bits per heavy atom. The van der Waals surface area contributed by atoms with Crippen molar-refractivity contribution in [1.82, 2.24) is 10.2 Å². The van der Waals surface area contributed by atoms with Gasteiger partial charge in [0.2, 0.25) is 0 Å². The van der Waals surface area contributed by atoms with Gasteiger partial charge in [0.15, 0.2) is 0 Å². The Bertz CT molecular complexity index is 179. The van der Waals surface area contributed by atoms with Gasteiger partial charge in [0.05, 0.1) is 6.61 Å². The highest BCUT2D eigenvalue weighted by molar-refractivity contribution is 4.94. The summed E-state index contributed by atoms with van der Waals surface area (Å²) in [4.78, 5) is 2.41. The SMILES string of the molecule is CCCC1(CN(C)CCOCC)CCCN1. The van der Waals surface area contributed by atoms with Crippen molar-refractivity contribution in [3.63, 3.8) is 0 Å². The quantitative estimate of drug-likeness (QED) is 0.642. The summed E-state index contributed by atoms with van der Waals surface area (Å²) in [7, 11) is 2.20. The van der Waals surface area contributed by atoms with Crippen molar-refractivity contribution in [2.45, 2.75) is 45.1 Å². The lowest BCUT2D eigenvalue weighted by Crippen LogP contribution is -2.49. The molecule has 1 aliphatic rings. The molecule has 96 valence electrons. The summed E-state index contributed by atoms with van der Waals surface area (Å²) in [6.07, 6.45) is 5.23. The lowest BCUT2D eigenvalue weighted by molar-refractivity contribution is 0.109. The van der Waals surface area contributed by atoms with E-state index in [-0.39, 0.29) is 0 Å². The molecule has 1 atom stereocenters. The molecule has 1 N–H and O–H groups in total. The van der Waals surface area contributed by atoms with E-state index in [1.807, 2.05) is 0 Å². The van der Waals surface area contributed by atoms with Crippen LogP contribution in [0.3, 0.4) is 0 Å². The zero-order valence-corrected chi connectivity index (χ0v) is 11.2. The molecule has 0 radical (unpaired) electrons. The number of rotatable bonds is 8. The fraction of sp³-hybridized carbons (Fsp3) is 1.00. The molecule has 1 aliphatic heterocycles. The Balaban J connectivity index is 2.30. The van der Waals surface area contributed by atoms with Crippen LogP contribution in [0.25, 0.3) is 0 Å². The van der Waals surface area contributed by atoms with E-state index in [0.717, 1.165) is 26.3 Å². The molecule has 1 unspecified atom stereocenters. The van der Waals surface area contributed by atoms with Gasteiger partial charge in [0, 0.05) is 25.2 Å². The Labute approximate surface area is 101 Å². The molecule has 16 heavy (non-hydrogen) atoms. The van der Waals surface area contributed by atoms with Crippen LogP contribution in [0.15, 0.2) is 0 Å². The van der Waals surface area contributed by atoms with E-state index in [4.69, 9.17) is 4.74 Å². The molecule has 0 aromatic heterocycles. The molecule has 0 bridgehead atoms. The molecule has 0 aromatic rings. The largest absolute Gasteiger partial charge is 0.380 e. The van der Waals surface area contributed by atoms with Crippen molar-refractivity contribution >= 4 is 0 Å². The molecule has 1 saturated heterocycles. The molecule has 3 nitrogen and oxygen atoms in total. The van der Waals surface area contributed by atoms with E-state index in [2.05, 4.69) is 31.1 Å². The van der Waals surface area contributed by atoms with Crippen LogP contribution in [0, 0.1) is 0 Å². The second kappa shape index (κ2) is 7.25. The molecule has 1 heterocycles. The van der Waals surface area contributed by atoms with Crippen molar-refractivity contribution in [1.29, 1.82) is 0 Å². The van der Waals surface area contributed by atoms with Gasteiger partial charge in [-0.25, -0.2) is 0 Å². The first-order valence-corrected chi connectivity index (χ1v) is 6.74. The van der Waals surface area contributed by atoms with Crippen molar-refractivity contribution in [2.75, 3.05) is 39.9 Å².